The average Bonchev–Trinajstić information content (AvgIpc) is 2.89. The predicted molar refractivity (Wildman–Crippen MR) is 108 cm³/mol. The lowest BCUT2D eigenvalue weighted by Gasteiger charge is -2.12. The quantitative estimate of drug-likeness (QED) is 0.668. The molecule has 1 N–H and O–H groups in total. The molecule has 1 heterocycles. The number of halogens is 2. The molecule has 0 aromatic heterocycles. The van der Waals surface area contributed by atoms with Crippen LogP contribution >= 0.6 is 27.7 Å². The van der Waals surface area contributed by atoms with E-state index in [1.165, 1.54) is 25.3 Å². The van der Waals surface area contributed by atoms with Crippen LogP contribution in [0.2, 0.25) is 0 Å². The van der Waals surface area contributed by atoms with Gasteiger partial charge in [-0.05, 0) is 54.2 Å². The number of anilines is 1. The first-order valence-electron chi connectivity index (χ1n) is 8.01. The van der Waals surface area contributed by atoms with Crippen molar-refractivity contribution < 1.29 is 23.5 Å². The molecule has 0 bridgehead atoms. The zero-order chi connectivity index (χ0) is 20.3. The summed E-state index contributed by atoms with van der Waals surface area (Å²) in [4.78, 5) is 37.9. The summed E-state index contributed by atoms with van der Waals surface area (Å²) >= 11 is 4.09. The first-order chi connectivity index (χ1) is 13.4. The zero-order valence-electron chi connectivity index (χ0n) is 14.6. The number of imide groups is 1. The molecule has 0 spiro atoms. The maximum absolute atomic E-state index is 13.2. The maximum Gasteiger partial charge on any atom is 0.294 e. The zero-order valence-corrected chi connectivity index (χ0v) is 17.0. The lowest BCUT2D eigenvalue weighted by molar-refractivity contribution is -0.127. The molecule has 2 aromatic carbocycles. The van der Waals surface area contributed by atoms with Crippen molar-refractivity contribution in [3.05, 3.63) is 63.2 Å². The highest BCUT2D eigenvalue weighted by Gasteiger charge is 2.36. The Bertz CT molecular complexity index is 996. The lowest BCUT2D eigenvalue weighted by Crippen LogP contribution is -2.36. The first-order valence-corrected chi connectivity index (χ1v) is 9.62. The van der Waals surface area contributed by atoms with E-state index < -0.39 is 29.4 Å². The van der Waals surface area contributed by atoms with Gasteiger partial charge in [-0.1, -0.05) is 22.0 Å². The van der Waals surface area contributed by atoms with Crippen molar-refractivity contribution in [1.29, 1.82) is 0 Å². The van der Waals surface area contributed by atoms with Crippen molar-refractivity contribution in [2.45, 2.75) is 0 Å². The number of nitrogens with zero attached hydrogens (tertiary/aromatic N) is 1. The minimum atomic E-state index is -0.603. The number of hydrogen-bond donors (Lipinski definition) is 1. The second-order valence-corrected chi connectivity index (χ2v) is 7.62. The largest absolute Gasteiger partial charge is 0.496 e. The maximum atomic E-state index is 13.2. The third-order valence-electron chi connectivity index (χ3n) is 3.76. The molecule has 1 aliphatic heterocycles. The highest BCUT2D eigenvalue weighted by molar-refractivity contribution is 9.10. The molecule has 1 fully saturated rings. The minimum absolute atomic E-state index is 0.181. The number of nitrogens with one attached hydrogen (secondary N) is 1. The fraction of sp³-hybridized carbons (Fsp3) is 0.105. The summed E-state index contributed by atoms with van der Waals surface area (Å²) in [5.74, 6) is -1.14. The third kappa shape index (κ3) is 4.60. The summed E-state index contributed by atoms with van der Waals surface area (Å²) in [5, 5.41) is 1.91. The number of benzene rings is 2. The van der Waals surface area contributed by atoms with E-state index >= 15 is 0 Å². The van der Waals surface area contributed by atoms with Crippen molar-refractivity contribution in [2.24, 2.45) is 0 Å². The van der Waals surface area contributed by atoms with E-state index in [4.69, 9.17) is 4.74 Å². The van der Waals surface area contributed by atoms with Crippen LogP contribution in [0, 0.1) is 5.82 Å². The SMILES string of the molecule is COc1ccc(Br)cc1/C=C1/SC(=O)N(CC(=O)Nc2cccc(F)c2)C1=O. The normalized spacial score (nSPS) is 15.2. The summed E-state index contributed by atoms with van der Waals surface area (Å²) in [7, 11) is 1.50. The van der Waals surface area contributed by atoms with Crippen LogP contribution in [0.1, 0.15) is 5.56 Å². The Morgan fingerprint density at radius 2 is 2.07 bits per heavy atom. The average molecular weight is 465 g/mol. The fourth-order valence-corrected chi connectivity index (χ4v) is 3.71. The van der Waals surface area contributed by atoms with Crippen molar-refractivity contribution in [1.82, 2.24) is 4.90 Å². The molecule has 28 heavy (non-hydrogen) atoms. The number of rotatable bonds is 5. The van der Waals surface area contributed by atoms with Gasteiger partial charge in [-0.2, -0.15) is 0 Å². The summed E-state index contributed by atoms with van der Waals surface area (Å²) in [6, 6.07) is 10.6. The molecule has 0 radical (unpaired) electrons. The molecular weight excluding hydrogens is 451 g/mol. The number of ether oxygens (including phenoxy) is 1. The van der Waals surface area contributed by atoms with Crippen molar-refractivity contribution in [2.75, 3.05) is 19.0 Å². The molecule has 3 amide bonds. The number of methoxy groups -OCH3 is 1. The first kappa shape index (κ1) is 20.1. The highest BCUT2D eigenvalue weighted by atomic mass is 79.9. The standard InChI is InChI=1S/C19H14BrFN2O4S/c1-27-15-6-5-12(20)7-11(15)8-16-18(25)23(19(26)28-16)10-17(24)22-14-4-2-3-13(21)9-14/h2-9H,10H2,1H3,(H,22,24)/b16-8+. The van der Waals surface area contributed by atoms with Crippen molar-refractivity contribution in [3.63, 3.8) is 0 Å². The van der Waals surface area contributed by atoms with E-state index in [2.05, 4.69) is 21.2 Å². The molecule has 0 aliphatic carbocycles. The Balaban J connectivity index is 1.75. The van der Waals surface area contributed by atoms with E-state index in [9.17, 15) is 18.8 Å². The van der Waals surface area contributed by atoms with Gasteiger partial charge >= 0.3 is 0 Å². The van der Waals surface area contributed by atoms with Gasteiger partial charge in [0.2, 0.25) is 5.91 Å². The number of carbonyl (C=O) groups excluding carboxylic acids is 3. The molecule has 0 unspecified atom stereocenters. The second-order valence-electron chi connectivity index (χ2n) is 5.71. The Hall–Kier alpha value is -2.65. The van der Waals surface area contributed by atoms with Gasteiger partial charge in [0.05, 0.1) is 12.0 Å². The third-order valence-corrected chi connectivity index (χ3v) is 5.16. The van der Waals surface area contributed by atoms with Gasteiger partial charge < -0.3 is 10.1 Å². The highest BCUT2D eigenvalue weighted by Crippen LogP contribution is 2.34. The van der Waals surface area contributed by atoms with Crippen LogP contribution in [0.3, 0.4) is 0 Å². The van der Waals surface area contributed by atoms with Crippen LogP contribution in [-0.4, -0.2) is 35.6 Å². The molecule has 144 valence electrons. The van der Waals surface area contributed by atoms with E-state index in [0.29, 0.717) is 11.3 Å². The van der Waals surface area contributed by atoms with Crippen LogP contribution < -0.4 is 10.1 Å². The van der Waals surface area contributed by atoms with Gasteiger partial charge in [-0.3, -0.25) is 19.3 Å². The van der Waals surface area contributed by atoms with Crippen molar-refractivity contribution in [3.8, 4) is 5.75 Å². The van der Waals surface area contributed by atoms with E-state index in [-0.39, 0.29) is 10.6 Å². The summed E-state index contributed by atoms with van der Waals surface area (Å²) in [6.07, 6.45) is 1.54. The molecule has 1 saturated heterocycles. The molecule has 6 nitrogen and oxygen atoms in total. The van der Waals surface area contributed by atoms with E-state index in [1.807, 2.05) is 0 Å². The number of amides is 3. The Morgan fingerprint density at radius 1 is 1.29 bits per heavy atom. The van der Waals surface area contributed by atoms with Crippen LogP contribution in [-0.2, 0) is 9.59 Å². The van der Waals surface area contributed by atoms with Gasteiger partial charge in [0.15, 0.2) is 0 Å². The Morgan fingerprint density at radius 3 is 2.79 bits per heavy atom. The van der Waals surface area contributed by atoms with Crippen LogP contribution in [0.4, 0.5) is 14.9 Å². The Kier molecular flexibility index (Phi) is 6.15. The van der Waals surface area contributed by atoms with Gasteiger partial charge in [-0.25, -0.2) is 4.39 Å². The van der Waals surface area contributed by atoms with Gasteiger partial charge in [0, 0.05) is 15.7 Å². The molecule has 9 heteroatoms. The lowest BCUT2D eigenvalue weighted by atomic mass is 10.2. The Labute approximate surface area is 172 Å². The summed E-state index contributed by atoms with van der Waals surface area (Å²) < 4.78 is 19.2. The van der Waals surface area contributed by atoms with Crippen LogP contribution in [0.5, 0.6) is 5.75 Å². The van der Waals surface area contributed by atoms with Gasteiger partial charge in [0.1, 0.15) is 18.1 Å². The smallest absolute Gasteiger partial charge is 0.294 e. The van der Waals surface area contributed by atoms with Crippen molar-refractivity contribution >= 4 is 56.5 Å². The molecular formula is C19H14BrFN2O4S. The number of carbonyl (C=O) groups is 3. The minimum Gasteiger partial charge on any atom is -0.496 e. The van der Waals surface area contributed by atoms with E-state index in [1.54, 1.807) is 24.3 Å². The van der Waals surface area contributed by atoms with Gasteiger partial charge in [-0.15, -0.1) is 0 Å². The van der Waals surface area contributed by atoms with Gasteiger partial charge in [0.25, 0.3) is 11.1 Å². The molecule has 0 atom stereocenters. The van der Waals surface area contributed by atoms with E-state index in [0.717, 1.165) is 27.2 Å². The second kappa shape index (κ2) is 8.57. The fourth-order valence-electron chi connectivity index (χ4n) is 2.51. The molecule has 0 saturated carbocycles. The molecule has 1 aliphatic rings. The predicted octanol–water partition coefficient (Wildman–Crippen LogP) is 4.27. The monoisotopic (exact) mass is 464 g/mol. The topological polar surface area (TPSA) is 75.7 Å². The molecule has 2 aromatic rings. The van der Waals surface area contributed by atoms with Crippen LogP contribution in [0.25, 0.3) is 6.08 Å². The number of hydrogen-bond acceptors (Lipinski definition) is 5. The number of thioether (sulfide) groups is 1. The van der Waals surface area contributed by atoms with Crippen LogP contribution in [0.15, 0.2) is 51.8 Å². The summed E-state index contributed by atoms with van der Waals surface area (Å²) in [5.41, 5.74) is 0.859. The molecule has 3 rings (SSSR count). The summed E-state index contributed by atoms with van der Waals surface area (Å²) in [6.45, 7) is -0.464.